The van der Waals surface area contributed by atoms with Gasteiger partial charge in [0.15, 0.2) is 0 Å². The normalized spacial score (nSPS) is 17.0. The van der Waals surface area contributed by atoms with Gasteiger partial charge < -0.3 is 39.8 Å². The zero-order valence-electron chi connectivity index (χ0n) is 35.3. The predicted molar refractivity (Wildman–Crippen MR) is 219 cm³/mol. The number of rotatable bonds is 8. The fourth-order valence-corrected chi connectivity index (χ4v) is 6.84. The number of ether oxygens (including phenoxy) is 4. The van der Waals surface area contributed by atoms with Gasteiger partial charge in [-0.05, 0) is 103 Å². The van der Waals surface area contributed by atoms with E-state index < -0.39 is 81.8 Å². The Morgan fingerprint density at radius 3 is 1.37 bits per heavy atom. The van der Waals surface area contributed by atoms with E-state index in [9.17, 15) is 39.0 Å². The van der Waals surface area contributed by atoms with E-state index in [0.29, 0.717) is 13.2 Å². The highest BCUT2D eigenvalue weighted by Crippen LogP contribution is 2.34. The topological polar surface area (TPSA) is 239 Å². The molecular weight excluding hydrogens is 780 g/mol. The molecule has 2 atom stereocenters. The van der Waals surface area contributed by atoms with Crippen LogP contribution in [0.4, 0.5) is 0 Å². The Balaban J connectivity index is 0.000000228. The number of aryl methyl sites for hydroxylation is 2. The molecule has 0 radical (unpaired) electrons. The number of nitrogens with one attached hydrogen (secondary N) is 2. The molecule has 18 nitrogen and oxygen atoms in total. The van der Waals surface area contributed by atoms with Crippen LogP contribution in [0.3, 0.4) is 0 Å². The molecule has 324 valence electrons. The summed E-state index contributed by atoms with van der Waals surface area (Å²) in [6, 6.07) is 3.38. The number of esters is 2. The van der Waals surface area contributed by atoms with E-state index in [2.05, 4.69) is 20.6 Å². The summed E-state index contributed by atoms with van der Waals surface area (Å²) in [4.78, 5) is 82.9. The second kappa shape index (κ2) is 18.6. The van der Waals surface area contributed by atoms with Crippen molar-refractivity contribution in [1.82, 2.24) is 29.7 Å². The minimum atomic E-state index is -0.861. The highest BCUT2D eigenvalue weighted by Gasteiger charge is 2.27. The SMILES string of the molecule is Cn1c(=O)c(C(=O)NCC(=O)OC(C)(C)C)c(O)c2cc([C@@H]3CCCCO3)cnc21.Cn1c(=O)c(C(=O)NCC(=O)OC(C)(C)C)c(O)c2cc([C@H]3CCCCO3)cnc21. The molecular formula is C42H54N6O12. The van der Waals surface area contributed by atoms with E-state index in [-0.39, 0.29) is 34.3 Å². The number of aromatic nitrogens is 4. The van der Waals surface area contributed by atoms with Gasteiger partial charge in [0.2, 0.25) is 0 Å². The van der Waals surface area contributed by atoms with Crippen molar-refractivity contribution in [3.8, 4) is 11.5 Å². The highest BCUT2D eigenvalue weighted by molar-refractivity contribution is 6.03. The number of hydrogen-bond donors (Lipinski definition) is 4. The van der Waals surface area contributed by atoms with Crippen LogP contribution in [-0.2, 0) is 42.6 Å². The van der Waals surface area contributed by atoms with Gasteiger partial charge in [-0.2, -0.15) is 0 Å². The summed E-state index contributed by atoms with van der Waals surface area (Å²) >= 11 is 0. The fraction of sp³-hybridized carbons (Fsp3) is 0.524. The summed E-state index contributed by atoms with van der Waals surface area (Å²) in [5.74, 6) is -3.96. The summed E-state index contributed by atoms with van der Waals surface area (Å²) < 4.78 is 24.2. The Bertz CT molecular complexity index is 2230. The Kier molecular flexibility index (Phi) is 14.0. The number of carbonyl (C=O) groups excluding carboxylic acids is 4. The van der Waals surface area contributed by atoms with Gasteiger partial charge in [-0.3, -0.25) is 37.9 Å². The maximum absolute atomic E-state index is 12.7. The molecule has 4 aromatic heterocycles. The third kappa shape index (κ3) is 10.8. The lowest BCUT2D eigenvalue weighted by atomic mass is 10.0. The van der Waals surface area contributed by atoms with Crippen molar-refractivity contribution in [3.05, 3.63) is 67.5 Å². The third-order valence-electron chi connectivity index (χ3n) is 9.62. The predicted octanol–water partition coefficient (Wildman–Crippen LogP) is 3.90. The lowest BCUT2D eigenvalue weighted by molar-refractivity contribution is -0.154. The van der Waals surface area contributed by atoms with Gasteiger partial charge in [0.05, 0.1) is 23.0 Å². The second-order valence-electron chi connectivity index (χ2n) is 16.7. The smallest absolute Gasteiger partial charge is 0.325 e. The Labute approximate surface area is 346 Å². The van der Waals surface area contributed by atoms with Crippen molar-refractivity contribution in [2.75, 3.05) is 26.3 Å². The first-order valence-electron chi connectivity index (χ1n) is 19.8. The van der Waals surface area contributed by atoms with E-state index in [1.54, 1.807) is 66.1 Å². The van der Waals surface area contributed by atoms with Gasteiger partial charge in [-0.15, -0.1) is 0 Å². The van der Waals surface area contributed by atoms with Crippen LogP contribution < -0.4 is 21.8 Å². The highest BCUT2D eigenvalue weighted by atomic mass is 16.6. The van der Waals surface area contributed by atoms with Crippen molar-refractivity contribution in [2.24, 2.45) is 14.1 Å². The van der Waals surface area contributed by atoms with Crippen LogP contribution in [-0.4, -0.2) is 90.6 Å². The summed E-state index contributed by atoms with van der Waals surface area (Å²) in [5.41, 5.74) is -1.67. The molecule has 2 fully saturated rings. The lowest BCUT2D eigenvalue weighted by Crippen LogP contribution is -2.37. The van der Waals surface area contributed by atoms with E-state index >= 15 is 0 Å². The molecule has 0 unspecified atom stereocenters. The quantitative estimate of drug-likeness (QED) is 0.184. The van der Waals surface area contributed by atoms with Crippen LogP contribution in [0.1, 0.15) is 124 Å². The monoisotopic (exact) mass is 834 g/mol. The third-order valence-corrected chi connectivity index (χ3v) is 9.62. The first-order chi connectivity index (χ1) is 28.2. The summed E-state index contributed by atoms with van der Waals surface area (Å²) in [5, 5.41) is 26.7. The average Bonchev–Trinajstić information content (AvgIpc) is 3.20. The maximum atomic E-state index is 12.7. The molecule has 2 amide bonds. The minimum Gasteiger partial charge on any atom is -0.506 e. The largest absolute Gasteiger partial charge is 0.506 e. The van der Waals surface area contributed by atoms with E-state index in [0.717, 1.165) is 49.7 Å². The standard InChI is InChI=1S/2C21H27N3O6/c2*1-21(2,3)30-15(25)11-23-19(27)16-17(26)13-9-12(14-7-5-6-8-29-14)10-22-18(13)24(4)20(16)28/h2*9-10,14,26H,5-8,11H2,1-4H3,(H,23,27)/t2*14-/m10/s1. The van der Waals surface area contributed by atoms with Gasteiger partial charge in [0.25, 0.3) is 22.9 Å². The molecule has 4 aromatic rings. The average molecular weight is 835 g/mol. The molecule has 0 saturated carbocycles. The number of carbonyl (C=O) groups is 4. The lowest BCUT2D eigenvalue weighted by Gasteiger charge is -2.23. The Morgan fingerprint density at radius 1 is 0.683 bits per heavy atom. The van der Waals surface area contributed by atoms with Gasteiger partial charge >= 0.3 is 11.9 Å². The van der Waals surface area contributed by atoms with Crippen LogP contribution in [0.15, 0.2) is 34.1 Å². The van der Waals surface area contributed by atoms with Crippen molar-refractivity contribution in [3.63, 3.8) is 0 Å². The number of aromatic hydroxyl groups is 2. The van der Waals surface area contributed by atoms with E-state index in [4.69, 9.17) is 18.9 Å². The van der Waals surface area contributed by atoms with Gasteiger partial charge in [-0.1, -0.05) is 0 Å². The molecule has 0 spiro atoms. The zero-order chi connectivity index (χ0) is 44.1. The number of fused-ring (bicyclic) bond motifs is 2. The summed E-state index contributed by atoms with van der Waals surface area (Å²) in [6.07, 6.45) is 8.69. The molecule has 2 saturated heterocycles. The Morgan fingerprint density at radius 2 is 1.05 bits per heavy atom. The molecule has 0 aromatic carbocycles. The van der Waals surface area contributed by atoms with Crippen LogP contribution in [0.2, 0.25) is 0 Å². The number of pyridine rings is 4. The van der Waals surface area contributed by atoms with Gasteiger partial charge in [-0.25, -0.2) is 9.97 Å². The van der Waals surface area contributed by atoms with Crippen LogP contribution >= 0.6 is 0 Å². The molecule has 2 aliphatic heterocycles. The molecule has 2 aliphatic rings. The minimum absolute atomic E-state index is 0.142. The first kappa shape index (κ1) is 45.2. The zero-order valence-corrected chi connectivity index (χ0v) is 35.3. The van der Waals surface area contributed by atoms with Crippen molar-refractivity contribution >= 4 is 45.8 Å². The molecule has 6 heterocycles. The van der Waals surface area contributed by atoms with Gasteiger partial charge in [0, 0.05) is 39.7 Å². The molecule has 0 aliphatic carbocycles. The van der Waals surface area contributed by atoms with Crippen LogP contribution in [0.25, 0.3) is 22.1 Å². The van der Waals surface area contributed by atoms with E-state index in [1.807, 2.05) is 0 Å². The van der Waals surface area contributed by atoms with Gasteiger partial charge in [0.1, 0.15) is 58.2 Å². The Hall–Kier alpha value is -5.88. The summed E-state index contributed by atoms with van der Waals surface area (Å²) in [7, 11) is 2.94. The molecule has 18 heteroatoms. The van der Waals surface area contributed by atoms with Crippen LogP contribution in [0, 0.1) is 0 Å². The maximum Gasteiger partial charge on any atom is 0.325 e. The fourth-order valence-electron chi connectivity index (χ4n) is 6.84. The van der Waals surface area contributed by atoms with Crippen LogP contribution in [0.5, 0.6) is 11.5 Å². The number of nitrogens with zero attached hydrogens (tertiary/aromatic N) is 4. The first-order valence-corrected chi connectivity index (χ1v) is 19.8. The number of hydrogen-bond acceptors (Lipinski definition) is 14. The van der Waals surface area contributed by atoms with Crippen molar-refractivity contribution in [1.29, 1.82) is 0 Å². The second-order valence-corrected chi connectivity index (χ2v) is 16.7. The summed E-state index contributed by atoms with van der Waals surface area (Å²) in [6.45, 7) is 10.7. The number of amides is 2. The molecule has 4 N–H and O–H groups in total. The molecule has 6 rings (SSSR count). The molecule has 0 bridgehead atoms. The van der Waals surface area contributed by atoms with Crippen molar-refractivity contribution < 1.29 is 48.3 Å². The van der Waals surface area contributed by atoms with Crippen molar-refractivity contribution in [2.45, 2.75) is 103 Å². The van der Waals surface area contributed by atoms with E-state index in [1.165, 1.54) is 23.2 Å². The molecule has 60 heavy (non-hydrogen) atoms.